The zero-order chi connectivity index (χ0) is 15.4. The quantitative estimate of drug-likeness (QED) is 0.608. The molecule has 3 rings (SSSR count). The van der Waals surface area contributed by atoms with Crippen LogP contribution in [0, 0.1) is 0 Å². The van der Waals surface area contributed by atoms with Gasteiger partial charge in [0.1, 0.15) is 0 Å². The van der Waals surface area contributed by atoms with Crippen molar-refractivity contribution in [1.29, 1.82) is 0 Å². The van der Waals surface area contributed by atoms with E-state index in [0.717, 1.165) is 11.3 Å². The number of nitrogens with zero attached hydrogens (tertiary/aromatic N) is 2. The van der Waals surface area contributed by atoms with Crippen molar-refractivity contribution >= 4 is 17.3 Å². The number of aliphatic hydroxyl groups excluding tert-OH is 1. The monoisotopic (exact) mass is 318 g/mol. The molecule has 0 aliphatic rings. The Labute approximate surface area is 132 Å². The van der Waals surface area contributed by atoms with Gasteiger partial charge in [-0.15, -0.1) is 11.6 Å². The Morgan fingerprint density at radius 1 is 1.27 bits per heavy atom. The maximum Gasteiger partial charge on any atom is 0.192 e. The predicted molar refractivity (Wildman–Crippen MR) is 84.7 cm³/mol. The van der Waals surface area contributed by atoms with Gasteiger partial charge in [0.25, 0.3) is 0 Å². The van der Waals surface area contributed by atoms with Crippen LogP contribution in [-0.4, -0.2) is 38.8 Å². The Kier molecular flexibility index (Phi) is 4.41. The molecule has 0 saturated heterocycles. The van der Waals surface area contributed by atoms with E-state index in [1.807, 2.05) is 30.3 Å². The molecule has 3 N–H and O–H groups in total. The summed E-state index contributed by atoms with van der Waals surface area (Å²) in [6.45, 7) is 0.409. The van der Waals surface area contributed by atoms with Gasteiger partial charge in [-0.3, -0.25) is 5.10 Å². The van der Waals surface area contributed by atoms with Gasteiger partial charge in [0.05, 0.1) is 18.2 Å². The minimum absolute atomic E-state index is 0.206. The number of H-pyrrole nitrogens is 1. The zero-order valence-electron chi connectivity index (χ0n) is 11.7. The molecule has 1 atom stereocenters. The highest BCUT2D eigenvalue weighted by Crippen LogP contribution is 2.21. The van der Waals surface area contributed by atoms with Crippen molar-refractivity contribution in [2.45, 2.75) is 6.10 Å². The summed E-state index contributed by atoms with van der Waals surface area (Å²) in [4.78, 5) is 4.40. The summed E-state index contributed by atoms with van der Waals surface area (Å²) in [6.07, 6.45) is 1.03. The third kappa shape index (κ3) is 3.29. The SMILES string of the molecule is OC(CCl)CNc1ccc(-c2n[nH]c(-c3ccco3)n2)cc1. The molecule has 114 valence electrons. The number of alkyl halides is 1. The number of aromatic amines is 1. The minimum atomic E-state index is -0.565. The third-order valence-electron chi connectivity index (χ3n) is 3.10. The van der Waals surface area contributed by atoms with E-state index in [2.05, 4.69) is 20.5 Å². The van der Waals surface area contributed by atoms with Crippen LogP contribution < -0.4 is 5.32 Å². The normalized spacial score (nSPS) is 12.3. The van der Waals surface area contributed by atoms with E-state index in [1.165, 1.54) is 0 Å². The second kappa shape index (κ2) is 6.64. The van der Waals surface area contributed by atoms with Crippen molar-refractivity contribution in [2.75, 3.05) is 17.7 Å². The standard InChI is InChI=1S/C15H15ClN4O2/c16-8-12(21)9-17-11-5-3-10(4-6-11)14-18-15(20-19-14)13-2-1-7-22-13/h1-7,12,17,21H,8-9H2,(H,18,19,20). The summed E-state index contributed by atoms with van der Waals surface area (Å²) >= 11 is 5.55. The van der Waals surface area contributed by atoms with Crippen LogP contribution in [0.25, 0.3) is 23.0 Å². The summed E-state index contributed by atoms with van der Waals surface area (Å²) in [5.74, 6) is 2.04. The van der Waals surface area contributed by atoms with Crippen LogP contribution in [0.4, 0.5) is 5.69 Å². The van der Waals surface area contributed by atoms with Crippen molar-refractivity contribution in [3.05, 3.63) is 42.7 Å². The Hall–Kier alpha value is -2.31. The molecule has 0 bridgehead atoms. The number of hydrogen-bond acceptors (Lipinski definition) is 5. The molecular formula is C15H15ClN4O2. The first-order chi connectivity index (χ1) is 10.8. The lowest BCUT2D eigenvalue weighted by Crippen LogP contribution is -2.20. The van der Waals surface area contributed by atoms with Crippen LogP contribution in [0.3, 0.4) is 0 Å². The molecule has 0 aliphatic heterocycles. The van der Waals surface area contributed by atoms with Gasteiger partial charge in [-0.25, -0.2) is 4.98 Å². The van der Waals surface area contributed by atoms with Crippen LogP contribution >= 0.6 is 11.6 Å². The molecule has 1 aromatic carbocycles. The average molecular weight is 319 g/mol. The highest BCUT2D eigenvalue weighted by Gasteiger charge is 2.09. The van der Waals surface area contributed by atoms with Gasteiger partial charge in [-0.1, -0.05) is 0 Å². The van der Waals surface area contributed by atoms with Gasteiger partial charge in [0, 0.05) is 17.8 Å². The van der Waals surface area contributed by atoms with E-state index in [9.17, 15) is 5.11 Å². The largest absolute Gasteiger partial charge is 0.461 e. The minimum Gasteiger partial charge on any atom is -0.461 e. The Balaban J connectivity index is 1.70. The molecule has 22 heavy (non-hydrogen) atoms. The number of benzene rings is 1. The Morgan fingerprint density at radius 2 is 2.09 bits per heavy atom. The molecule has 0 radical (unpaired) electrons. The van der Waals surface area contributed by atoms with Crippen molar-refractivity contribution in [2.24, 2.45) is 0 Å². The molecule has 7 heteroatoms. The first-order valence-corrected chi connectivity index (χ1v) is 7.34. The van der Waals surface area contributed by atoms with Gasteiger partial charge < -0.3 is 14.8 Å². The number of aliphatic hydroxyl groups is 1. The maximum atomic E-state index is 9.42. The maximum absolute atomic E-state index is 9.42. The number of hydrogen-bond donors (Lipinski definition) is 3. The number of halogens is 1. The van der Waals surface area contributed by atoms with E-state index in [4.69, 9.17) is 16.0 Å². The molecule has 0 fully saturated rings. The highest BCUT2D eigenvalue weighted by atomic mass is 35.5. The van der Waals surface area contributed by atoms with Crippen molar-refractivity contribution in [3.63, 3.8) is 0 Å². The first kappa shape index (κ1) is 14.6. The number of nitrogens with one attached hydrogen (secondary N) is 2. The Bertz CT molecular complexity index is 709. The summed E-state index contributed by atoms with van der Waals surface area (Å²) in [7, 11) is 0. The highest BCUT2D eigenvalue weighted by molar-refractivity contribution is 6.18. The summed E-state index contributed by atoms with van der Waals surface area (Å²) in [6, 6.07) is 11.2. The summed E-state index contributed by atoms with van der Waals surface area (Å²) in [5, 5.41) is 19.6. The fourth-order valence-electron chi connectivity index (χ4n) is 1.94. The van der Waals surface area contributed by atoms with Crippen LogP contribution in [0.1, 0.15) is 0 Å². The zero-order valence-corrected chi connectivity index (χ0v) is 12.4. The van der Waals surface area contributed by atoms with Gasteiger partial charge in [0.15, 0.2) is 17.4 Å². The molecule has 0 saturated carbocycles. The average Bonchev–Trinajstić information content (AvgIpc) is 3.23. The summed E-state index contributed by atoms with van der Waals surface area (Å²) < 4.78 is 5.27. The van der Waals surface area contributed by atoms with Gasteiger partial charge in [0.2, 0.25) is 0 Å². The van der Waals surface area contributed by atoms with Crippen molar-refractivity contribution in [3.8, 4) is 23.0 Å². The number of furan rings is 1. The fourth-order valence-corrected chi connectivity index (χ4v) is 2.05. The molecule has 0 aliphatic carbocycles. The van der Waals surface area contributed by atoms with E-state index in [0.29, 0.717) is 24.0 Å². The van der Waals surface area contributed by atoms with Gasteiger partial charge in [-0.05, 0) is 36.4 Å². The lowest BCUT2D eigenvalue weighted by atomic mass is 10.2. The second-order valence-electron chi connectivity index (χ2n) is 4.75. The topological polar surface area (TPSA) is 87.0 Å². The van der Waals surface area contributed by atoms with Crippen LogP contribution in [0.5, 0.6) is 0 Å². The van der Waals surface area contributed by atoms with Crippen LogP contribution in [0.15, 0.2) is 47.1 Å². The molecule has 0 amide bonds. The number of rotatable bonds is 6. The van der Waals surface area contributed by atoms with Crippen LogP contribution in [0.2, 0.25) is 0 Å². The molecule has 2 heterocycles. The Morgan fingerprint density at radius 3 is 2.77 bits per heavy atom. The van der Waals surface area contributed by atoms with E-state index < -0.39 is 6.10 Å². The van der Waals surface area contributed by atoms with E-state index in [1.54, 1.807) is 12.3 Å². The smallest absolute Gasteiger partial charge is 0.192 e. The van der Waals surface area contributed by atoms with Gasteiger partial charge >= 0.3 is 0 Å². The lowest BCUT2D eigenvalue weighted by Gasteiger charge is -2.09. The fraction of sp³-hybridized carbons (Fsp3) is 0.200. The molecule has 1 unspecified atom stereocenters. The van der Waals surface area contributed by atoms with Gasteiger partial charge in [-0.2, -0.15) is 5.10 Å². The molecule has 0 spiro atoms. The van der Waals surface area contributed by atoms with E-state index in [-0.39, 0.29) is 5.88 Å². The number of anilines is 1. The molecular weight excluding hydrogens is 304 g/mol. The molecule has 2 aromatic heterocycles. The third-order valence-corrected chi connectivity index (χ3v) is 3.46. The molecule has 6 nitrogen and oxygen atoms in total. The number of aromatic nitrogens is 3. The lowest BCUT2D eigenvalue weighted by molar-refractivity contribution is 0.211. The van der Waals surface area contributed by atoms with Crippen molar-refractivity contribution in [1.82, 2.24) is 15.2 Å². The second-order valence-corrected chi connectivity index (χ2v) is 5.06. The van der Waals surface area contributed by atoms with Crippen LogP contribution in [-0.2, 0) is 0 Å². The van der Waals surface area contributed by atoms with E-state index >= 15 is 0 Å². The first-order valence-electron chi connectivity index (χ1n) is 6.81. The van der Waals surface area contributed by atoms with Crippen molar-refractivity contribution < 1.29 is 9.52 Å². The predicted octanol–water partition coefficient (Wildman–Crippen LogP) is 2.74. The summed E-state index contributed by atoms with van der Waals surface area (Å²) in [5.41, 5.74) is 1.78. The molecule has 3 aromatic rings.